The molecular weight excluding hydrogens is 264 g/mol. The zero-order chi connectivity index (χ0) is 13.6. The number of carbonyl (C=O) groups is 1. The molecule has 2 nitrogen and oxygen atoms in total. The molecule has 0 radical (unpaired) electrons. The zero-order valence-corrected chi connectivity index (χ0v) is 13.7. The minimum atomic E-state index is -0.0778. The lowest BCUT2D eigenvalue weighted by Crippen LogP contribution is -2.10. The fourth-order valence-electron chi connectivity index (χ4n) is 1.52. The molecule has 0 saturated carbocycles. The van der Waals surface area contributed by atoms with Crippen LogP contribution in [0.15, 0.2) is 0 Å². The van der Waals surface area contributed by atoms with E-state index in [1.54, 1.807) is 0 Å². The third-order valence-electron chi connectivity index (χ3n) is 2.66. The van der Waals surface area contributed by atoms with Crippen LogP contribution in [0.1, 0.15) is 58.8 Å². The molecule has 18 heavy (non-hydrogen) atoms. The maximum absolute atomic E-state index is 11.4. The molecule has 0 aliphatic rings. The standard InChI is InChI=1S/C14H28O2S2/c1-4-6-8-10-17-14(12-13(15)16-3)18-11-9-7-5-2/h14H,4-12H2,1-3H3. The molecule has 0 spiro atoms. The monoisotopic (exact) mass is 292 g/mol. The predicted octanol–water partition coefficient (Wildman–Crippen LogP) is 4.72. The van der Waals surface area contributed by atoms with Gasteiger partial charge in [0.05, 0.1) is 18.1 Å². The lowest BCUT2D eigenvalue weighted by molar-refractivity contribution is -0.140. The first-order valence-electron chi connectivity index (χ1n) is 7.04. The summed E-state index contributed by atoms with van der Waals surface area (Å²) in [7, 11) is 1.48. The van der Waals surface area contributed by atoms with E-state index in [-0.39, 0.29) is 5.97 Å². The lowest BCUT2D eigenvalue weighted by Gasteiger charge is -2.15. The van der Waals surface area contributed by atoms with E-state index in [1.165, 1.54) is 45.6 Å². The van der Waals surface area contributed by atoms with Crippen molar-refractivity contribution in [1.29, 1.82) is 0 Å². The molecule has 0 atom stereocenters. The molecule has 0 amide bonds. The van der Waals surface area contributed by atoms with Gasteiger partial charge in [0.25, 0.3) is 0 Å². The Kier molecular flexibility index (Phi) is 13.7. The lowest BCUT2D eigenvalue weighted by atomic mass is 10.3. The molecule has 0 unspecified atom stereocenters. The van der Waals surface area contributed by atoms with E-state index in [9.17, 15) is 4.79 Å². The first kappa shape index (κ1) is 18.2. The number of hydrogen-bond donors (Lipinski definition) is 0. The van der Waals surface area contributed by atoms with Gasteiger partial charge in [0, 0.05) is 0 Å². The Morgan fingerprint density at radius 3 is 1.89 bits per heavy atom. The number of ether oxygens (including phenoxy) is 1. The first-order chi connectivity index (χ1) is 8.74. The van der Waals surface area contributed by atoms with Crippen LogP contribution < -0.4 is 0 Å². The quantitative estimate of drug-likeness (QED) is 0.295. The second kappa shape index (κ2) is 13.6. The van der Waals surface area contributed by atoms with E-state index >= 15 is 0 Å². The highest BCUT2D eigenvalue weighted by Crippen LogP contribution is 2.29. The molecule has 0 aliphatic carbocycles. The van der Waals surface area contributed by atoms with Crippen LogP contribution in [-0.4, -0.2) is 29.2 Å². The molecule has 0 heterocycles. The Hall–Kier alpha value is 0.170. The highest BCUT2D eigenvalue weighted by Gasteiger charge is 2.14. The van der Waals surface area contributed by atoms with Crippen LogP contribution >= 0.6 is 23.5 Å². The van der Waals surface area contributed by atoms with Crippen molar-refractivity contribution in [3.05, 3.63) is 0 Å². The van der Waals surface area contributed by atoms with Gasteiger partial charge in [-0.2, -0.15) is 0 Å². The average Bonchev–Trinajstić information content (AvgIpc) is 2.39. The molecule has 0 aliphatic heterocycles. The van der Waals surface area contributed by atoms with Crippen LogP contribution in [-0.2, 0) is 9.53 Å². The van der Waals surface area contributed by atoms with Gasteiger partial charge < -0.3 is 4.74 Å². The Labute approximate surface area is 121 Å². The molecular formula is C14H28O2S2. The summed E-state index contributed by atoms with van der Waals surface area (Å²) in [5.41, 5.74) is 0. The van der Waals surface area contributed by atoms with Crippen LogP contribution in [0.3, 0.4) is 0 Å². The molecule has 0 saturated heterocycles. The van der Waals surface area contributed by atoms with E-state index in [4.69, 9.17) is 4.74 Å². The van der Waals surface area contributed by atoms with Gasteiger partial charge >= 0.3 is 5.97 Å². The Bertz CT molecular complexity index is 186. The Morgan fingerprint density at radius 1 is 1.00 bits per heavy atom. The van der Waals surface area contributed by atoms with Gasteiger partial charge in [0.15, 0.2) is 0 Å². The minimum absolute atomic E-state index is 0.0778. The SMILES string of the molecule is CCCCCSC(CC(=O)OC)SCCCCC. The Morgan fingerprint density at radius 2 is 1.50 bits per heavy atom. The highest BCUT2D eigenvalue weighted by atomic mass is 32.2. The van der Waals surface area contributed by atoms with Crippen LogP contribution in [0.2, 0.25) is 0 Å². The highest BCUT2D eigenvalue weighted by molar-refractivity contribution is 8.17. The van der Waals surface area contributed by atoms with Crippen molar-refractivity contribution in [1.82, 2.24) is 0 Å². The summed E-state index contributed by atoms with van der Waals surface area (Å²) in [6, 6.07) is 0. The van der Waals surface area contributed by atoms with Crippen LogP contribution in [0.5, 0.6) is 0 Å². The van der Waals surface area contributed by atoms with Gasteiger partial charge in [0.2, 0.25) is 0 Å². The number of methoxy groups -OCH3 is 1. The zero-order valence-electron chi connectivity index (χ0n) is 12.1. The molecule has 108 valence electrons. The maximum atomic E-state index is 11.4. The van der Waals surface area contributed by atoms with Crippen molar-refractivity contribution >= 4 is 29.5 Å². The van der Waals surface area contributed by atoms with Crippen molar-refractivity contribution in [3.8, 4) is 0 Å². The molecule has 4 heteroatoms. The topological polar surface area (TPSA) is 26.3 Å². The molecule has 0 bridgehead atoms. The second-order valence-electron chi connectivity index (χ2n) is 4.37. The van der Waals surface area contributed by atoms with E-state index in [0.29, 0.717) is 11.0 Å². The summed E-state index contributed by atoms with van der Waals surface area (Å²) in [5.74, 6) is 2.25. The molecule has 0 aromatic heterocycles. The third kappa shape index (κ3) is 11.3. The van der Waals surface area contributed by atoms with Crippen molar-refractivity contribution in [2.24, 2.45) is 0 Å². The Balaban J connectivity index is 3.80. The van der Waals surface area contributed by atoms with Crippen LogP contribution in [0, 0.1) is 0 Å². The normalized spacial score (nSPS) is 10.9. The second-order valence-corrected chi connectivity index (χ2v) is 7.29. The maximum Gasteiger partial charge on any atom is 0.307 e. The summed E-state index contributed by atoms with van der Waals surface area (Å²) in [6.07, 6.45) is 8.15. The minimum Gasteiger partial charge on any atom is -0.469 e. The van der Waals surface area contributed by atoms with E-state index in [1.807, 2.05) is 23.5 Å². The summed E-state index contributed by atoms with van der Waals surface area (Å²) in [5, 5.41) is 0. The largest absolute Gasteiger partial charge is 0.469 e. The third-order valence-corrected chi connectivity index (χ3v) is 5.61. The number of unbranched alkanes of at least 4 members (excludes halogenated alkanes) is 4. The van der Waals surface area contributed by atoms with Crippen molar-refractivity contribution < 1.29 is 9.53 Å². The summed E-state index contributed by atoms with van der Waals surface area (Å²) >= 11 is 3.85. The van der Waals surface area contributed by atoms with Crippen molar-refractivity contribution in [2.75, 3.05) is 18.6 Å². The number of carbonyl (C=O) groups excluding carboxylic acids is 1. The number of thioether (sulfide) groups is 2. The van der Waals surface area contributed by atoms with Gasteiger partial charge in [0.1, 0.15) is 0 Å². The molecule has 0 fully saturated rings. The smallest absolute Gasteiger partial charge is 0.307 e. The molecule has 0 rings (SSSR count). The number of esters is 1. The summed E-state index contributed by atoms with van der Waals surface area (Å²) in [6.45, 7) is 4.44. The van der Waals surface area contributed by atoms with Crippen molar-refractivity contribution in [3.63, 3.8) is 0 Å². The molecule has 0 aromatic carbocycles. The van der Waals surface area contributed by atoms with Gasteiger partial charge in [-0.3, -0.25) is 4.79 Å². The summed E-state index contributed by atoms with van der Waals surface area (Å²) in [4.78, 5) is 11.4. The van der Waals surface area contributed by atoms with Crippen molar-refractivity contribution in [2.45, 2.75) is 63.4 Å². The van der Waals surface area contributed by atoms with Gasteiger partial charge in [-0.1, -0.05) is 39.5 Å². The predicted molar refractivity (Wildman–Crippen MR) is 84.4 cm³/mol. The van der Waals surface area contributed by atoms with Crippen LogP contribution in [0.4, 0.5) is 0 Å². The molecule has 0 aromatic rings. The summed E-state index contributed by atoms with van der Waals surface area (Å²) < 4.78 is 5.15. The first-order valence-corrected chi connectivity index (χ1v) is 9.14. The average molecular weight is 293 g/mol. The van der Waals surface area contributed by atoms with Gasteiger partial charge in [-0.25, -0.2) is 0 Å². The number of rotatable bonds is 12. The van der Waals surface area contributed by atoms with Crippen LogP contribution in [0.25, 0.3) is 0 Å². The van der Waals surface area contributed by atoms with E-state index < -0.39 is 0 Å². The fraction of sp³-hybridized carbons (Fsp3) is 0.929. The van der Waals surface area contributed by atoms with E-state index in [0.717, 1.165) is 11.5 Å². The van der Waals surface area contributed by atoms with Gasteiger partial charge in [-0.15, -0.1) is 23.5 Å². The molecule has 0 N–H and O–H groups in total. The van der Waals surface area contributed by atoms with Gasteiger partial charge in [-0.05, 0) is 24.3 Å². The fourth-order valence-corrected chi connectivity index (χ4v) is 4.26. The number of hydrogen-bond acceptors (Lipinski definition) is 4. The van der Waals surface area contributed by atoms with E-state index in [2.05, 4.69) is 13.8 Å².